The van der Waals surface area contributed by atoms with E-state index in [1.54, 1.807) is 0 Å². The number of ether oxygens (including phenoxy) is 2. The van der Waals surface area contributed by atoms with Gasteiger partial charge >= 0.3 is 5.97 Å². The highest BCUT2D eigenvalue weighted by atomic mass is 16.6. The number of para-hydroxylation sites is 1. The smallest absolute Gasteiger partial charge is 0.343 e. The van der Waals surface area contributed by atoms with Crippen molar-refractivity contribution in [2.75, 3.05) is 13.7 Å². The van der Waals surface area contributed by atoms with Gasteiger partial charge in [0.1, 0.15) is 17.1 Å². The summed E-state index contributed by atoms with van der Waals surface area (Å²) in [4.78, 5) is 11.7. The number of methoxy groups -OCH3 is 1. The minimum absolute atomic E-state index is 0.0752. The van der Waals surface area contributed by atoms with E-state index in [0.717, 1.165) is 64.0 Å². The first-order valence-corrected chi connectivity index (χ1v) is 13.7. The first-order valence-electron chi connectivity index (χ1n) is 13.7. The van der Waals surface area contributed by atoms with E-state index < -0.39 is 0 Å². The molecule has 39 heavy (non-hydrogen) atoms. The summed E-state index contributed by atoms with van der Waals surface area (Å²) in [6.45, 7) is -0.0752. The lowest BCUT2D eigenvalue weighted by Crippen LogP contribution is -2.13. The van der Waals surface area contributed by atoms with Crippen LogP contribution >= 0.6 is 0 Å². The number of hydrogen-bond donors (Lipinski definition) is 0. The molecule has 4 nitrogen and oxygen atoms in total. The Balaban J connectivity index is 1.33. The average Bonchev–Trinajstić information content (AvgIpc) is 3.65. The number of benzene rings is 4. The molecule has 1 aliphatic rings. The molecular formula is C35H32O4. The van der Waals surface area contributed by atoms with E-state index in [1.165, 1.54) is 31.1 Å². The predicted molar refractivity (Wildman–Crippen MR) is 155 cm³/mol. The molecule has 0 aliphatic heterocycles. The zero-order chi connectivity index (χ0) is 26.6. The summed E-state index contributed by atoms with van der Waals surface area (Å²) in [5, 5.41) is 1.13. The van der Waals surface area contributed by atoms with Gasteiger partial charge in [0.2, 0.25) is 0 Å². The summed E-state index contributed by atoms with van der Waals surface area (Å²) in [5.74, 6) is 1.84. The van der Waals surface area contributed by atoms with Crippen molar-refractivity contribution in [2.45, 2.75) is 38.0 Å². The molecule has 0 bridgehead atoms. The molecule has 1 saturated carbocycles. The van der Waals surface area contributed by atoms with Crippen molar-refractivity contribution in [3.05, 3.63) is 114 Å². The van der Waals surface area contributed by atoms with Crippen molar-refractivity contribution >= 4 is 16.9 Å². The van der Waals surface area contributed by atoms with Crippen LogP contribution in [0, 0.1) is 0 Å². The van der Waals surface area contributed by atoms with Crippen LogP contribution in [0.2, 0.25) is 0 Å². The first-order chi connectivity index (χ1) is 19.2. The molecule has 4 aromatic carbocycles. The Bertz CT molecular complexity index is 1570. The Morgan fingerprint density at radius 1 is 0.821 bits per heavy atom. The minimum Gasteiger partial charge on any atom is -0.482 e. The Hall–Kier alpha value is -4.31. The van der Waals surface area contributed by atoms with Crippen molar-refractivity contribution in [1.29, 1.82) is 0 Å². The van der Waals surface area contributed by atoms with Gasteiger partial charge in [0, 0.05) is 17.4 Å². The largest absolute Gasteiger partial charge is 0.482 e. The highest BCUT2D eigenvalue weighted by molar-refractivity contribution is 5.96. The lowest BCUT2D eigenvalue weighted by Gasteiger charge is -2.17. The molecule has 0 unspecified atom stereocenters. The number of esters is 1. The monoisotopic (exact) mass is 516 g/mol. The van der Waals surface area contributed by atoms with Crippen LogP contribution in [0.1, 0.15) is 48.5 Å². The molecule has 4 heteroatoms. The summed E-state index contributed by atoms with van der Waals surface area (Å²) in [7, 11) is 1.38. The van der Waals surface area contributed by atoms with Crippen LogP contribution in [0.3, 0.4) is 0 Å². The molecule has 0 radical (unpaired) electrons. The molecule has 0 N–H and O–H groups in total. The zero-order valence-electron chi connectivity index (χ0n) is 22.2. The number of rotatable bonds is 8. The fourth-order valence-corrected chi connectivity index (χ4v) is 5.76. The van der Waals surface area contributed by atoms with Gasteiger partial charge < -0.3 is 13.9 Å². The van der Waals surface area contributed by atoms with Gasteiger partial charge in [0.15, 0.2) is 6.61 Å². The highest BCUT2D eigenvalue weighted by Crippen LogP contribution is 2.41. The maximum absolute atomic E-state index is 11.7. The first kappa shape index (κ1) is 25.0. The highest BCUT2D eigenvalue weighted by Gasteiger charge is 2.22. The van der Waals surface area contributed by atoms with E-state index in [4.69, 9.17) is 13.9 Å². The Kier molecular flexibility index (Phi) is 7.18. The molecule has 1 heterocycles. The molecular weight excluding hydrogens is 484 g/mol. The van der Waals surface area contributed by atoms with Crippen molar-refractivity contribution in [3.8, 4) is 28.0 Å². The van der Waals surface area contributed by atoms with E-state index in [0.29, 0.717) is 5.92 Å². The molecule has 1 fully saturated rings. The molecule has 0 atom stereocenters. The van der Waals surface area contributed by atoms with Crippen LogP contribution in [-0.4, -0.2) is 19.7 Å². The lowest BCUT2D eigenvalue weighted by molar-refractivity contribution is -0.142. The number of carbonyl (C=O) groups excluding carboxylic acids is 1. The van der Waals surface area contributed by atoms with E-state index in [-0.39, 0.29) is 12.6 Å². The van der Waals surface area contributed by atoms with Crippen molar-refractivity contribution in [1.82, 2.24) is 0 Å². The third-order valence-corrected chi connectivity index (χ3v) is 7.76. The van der Waals surface area contributed by atoms with Crippen LogP contribution < -0.4 is 4.74 Å². The predicted octanol–water partition coefficient (Wildman–Crippen LogP) is 8.57. The fraction of sp³-hybridized carbons (Fsp3) is 0.229. The molecule has 0 spiro atoms. The molecule has 5 aromatic rings. The van der Waals surface area contributed by atoms with E-state index in [1.807, 2.05) is 24.3 Å². The summed E-state index contributed by atoms with van der Waals surface area (Å²) < 4.78 is 17.0. The van der Waals surface area contributed by atoms with E-state index in [9.17, 15) is 4.79 Å². The molecule has 1 aromatic heterocycles. The second kappa shape index (κ2) is 11.2. The van der Waals surface area contributed by atoms with Crippen LogP contribution in [0.15, 0.2) is 101 Å². The second-order valence-electron chi connectivity index (χ2n) is 10.2. The van der Waals surface area contributed by atoms with Gasteiger partial charge in [0.25, 0.3) is 0 Å². The van der Waals surface area contributed by atoms with Crippen molar-refractivity contribution in [3.63, 3.8) is 0 Å². The van der Waals surface area contributed by atoms with Gasteiger partial charge in [-0.25, -0.2) is 4.79 Å². The van der Waals surface area contributed by atoms with Gasteiger partial charge in [-0.3, -0.25) is 0 Å². The lowest BCUT2D eigenvalue weighted by atomic mass is 9.92. The number of furan rings is 1. The van der Waals surface area contributed by atoms with Gasteiger partial charge in [-0.05, 0) is 64.8 Å². The third-order valence-electron chi connectivity index (χ3n) is 7.76. The van der Waals surface area contributed by atoms with Gasteiger partial charge in [-0.15, -0.1) is 0 Å². The summed E-state index contributed by atoms with van der Waals surface area (Å²) >= 11 is 0. The van der Waals surface area contributed by atoms with Crippen molar-refractivity contribution in [2.24, 2.45) is 0 Å². The molecule has 0 saturated heterocycles. The molecule has 0 amide bonds. The molecule has 1 aliphatic carbocycles. The van der Waals surface area contributed by atoms with Gasteiger partial charge in [0.05, 0.1) is 7.11 Å². The van der Waals surface area contributed by atoms with Crippen LogP contribution in [0.5, 0.6) is 5.75 Å². The SMILES string of the molecule is COC(=O)COc1ccc(-c2ccc(-c3c(Cc4ccccc4)oc4ccccc34)cc2)cc1C1CCCC1. The van der Waals surface area contributed by atoms with E-state index >= 15 is 0 Å². The topological polar surface area (TPSA) is 48.7 Å². The van der Waals surface area contributed by atoms with Crippen molar-refractivity contribution < 1.29 is 18.7 Å². The summed E-state index contributed by atoms with van der Waals surface area (Å²) in [6.07, 6.45) is 5.49. The molecule has 6 rings (SSSR count). The standard InChI is InChI=1S/C35H32O4/c1-37-34(36)23-38-31-20-19-28(22-30(31)26-11-5-6-12-26)25-15-17-27(18-16-25)35-29-13-7-8-14-32(29)39-33(35)21-24-9-3-2-4-10-24/h2-4,7-10,13-20,22,26H,5-6,11-12,21,23H2,1H3. The number of fused-ring (bicyclic) bond motifs is 1. The number of carbonyl (C=O) groups is 1. The maximum Gasteiger partial charge on any atom is 0.343 e. The van der Waals surface area contributed by atoms with E-state index in [2.05, 4.69) is 72.8 Å². The van der Waals surface area contributed by atoms with Crippen LogP contribution in [0.4, 0.5) is 0 Å². The minimum atomic E-state index is -0.370. The van der Waals surface area contributed by atoms with Gasteiger partial charge in [-0.2, -0.15) is 0 Å². The summed E-state index contributed by atoms with van der Waals surface area (Å²) in [6, 6.07) is 33.8. The number of hydrogen-bond acceptors (Lipinski definition) is 4. The Labute approximate surface area is 229 Å². The summed E-state index contributed by atoms with van der Waals surface area (Å²) in [5.41, 5.74) is 7.91. The second-order valence-corrected chi connectivity index (χ2v) is 10.2. The fourth-order valence-electron chi connectivity index (χ4n) is 5.76. The maximum atomic E-state index is 11.7. The Morgan fingerprint density at radius 3 is 2.28 bits per heavy atom. The Morgan fingerprint density at radius 2 is 1.51 bits per heavy atom. The van der Waals surface area contributed by atoms with Crippen LogP contribution in [0.25, 0.3) is 33.2 Å². The zero-order valence-corrected chi connectivity index (χ0v) is 22.2. The normalized spacial score (nSPS) is 13.6. The average molecular weight is 517 g/mol. The van der Waals surface area contributed by atoms with Crippen LogP contribution in [-0.2, 0) is 16.0 Å². The van der Waals surface area contributed by atoms with Gasteiger partial charge in [-0.1, -0.05) is 91.7 Å². The third kappa shape index (κ3) is 5.33. The quantitative estimate of drug-likeness (QED) is 0.194. The molecule has 196 valence electrons.